The van der Waals surface area contributed by atoms with Crippen LogP contribution in [0.1, 0.15) is 38.2 Å². The lowest BCUT2D eigenvalue weighted by Crippen LogP contribution is -2.36. The van der Waals surface area contributed by atoms with Gasteiger partial charge in [-0.3, -0.25) is 0 Å². The third-order valence-corrected chi connectivity index (χ3v) is 4.28. The molecular weight excluding hydrogens is 247 g/mol. The van der Waals surface area contributed by atoms with Crippen LogP contribution in [0.3, 0.4) is 0 Å². The Morgan fingerprint density at radius 3 is 2.72 bits per heavy atom. The van der Waals surface area contributed by atoms with Gasteiger partial charge in [0.05, 0.1) is 5.56 Å². The van der Waals surface area contributed by atoms with E-state index in [9.17, 15) is 4.39 Å². The first-order chi connectivity index (χ1) is 8.58. The topological polar surface area (TPSA) is 38.0 Å². The maximum Gasteiger partial charge on any atom is 0.135 e. The molecule has 0 aliphatic heterocycles. The Labute approximate surface area is 113 Å². The van der Waals surface area contributed by atoms with Gasteiger partial charge in [-0.15, -0.1) is 0 Å². The Hall–Kier alpha value is -1.16. The predicted octanol–water partition coefficient (Wildman–Crippen LogP) is 3.45. The maximum atomic E-state index is 13.7. The minimum absolute atomic E-state index is 0.106. The number of hydrogen-bond acceptors (Lipinski definition) is 2. The first kappa shape index (κ1) is 13.3. The van der Waals surface area contributed by atoms with E-state index in [1.807, 2.05) is 6.07 Å². The third kappa shape index (κ3) is 2.48. The summed E-state index contributed by atoms with van der Waals surface area (Å²) in [6, 6.07) is 4.90. The van der Waals surface area contributed by atoms with Crippen molar-refractivity contribution in [2.45, 2.75) is 32.6 Å². The van der Waals surface area contributed by atoms with Gasteiger partial charge in [0.1, 0.15) is 10.8 Å². The number of halogens is 1. The summed E-state index contributed by atoms with van der Waals surface area (Å²) in [6.07, 6.45) is 4.93. The van der Waals surface area contributed by atoms with Crippen LogP contribution in [0, 0.1) is 11.2 Å². The molecule has 0 heterocycles. The average molecular weight is 266 g/mol. The van der Waals surface area contributed by atoms with E-state index in [4.69, 9.17) is 18.0 Å². The molecule has 98 valence electrons. The molecule has 1 aromatic rings. The number of rotatable bonds is 5. The normalized spacial score (nSPS) is 17.0. The van der Waals surface area contributed by atoms with Crippen LogP contribution >= 0.6 is 12.2 Å². The summed E-state index contributed by atoms with van der Waals surface area (Å²) in [4.78, 5) is 0.106. The molecule has 0 unspecified atom stereocenters. The van der Waals surface area contributed by atoms with Crippen LogP contribution in [-0.4, -0.2) is 11.5 Å². The van der Waals surface area contributed by atoms with Crippen LogP contribution in [-0.2, 0) is 0 Å². The molecule has 0 aromatic heterocycles. The van der Waals surface area contributed by atoms with Crippen molar-refractivity contribution in [3.05, 3.63) is 29.6 Å². The zero-order valence-corrected chi connectivity index (χ0v) is 11.4. The smallest absolute Gasteiger partial charge is 0.135 e. The van der Waals surface area contributed by atoms with E-state index < -0.39 is 0 Å². The van der Waals surface area contributed by atoms with Crippen molar-refractivity contribution in [3.63, 3.8) is 0 Å². The summed E-state index contributed by atoms with van der Waals surface area (Å²) in [5.74, 6) is -0.355. The van der Waals surface area contributed by atoms with E-state index in [0.717, 1.165) is 13.0 Å². The predicted molar refractivity (Wildman–Crippen MR) is 77.4 cm³/mol. The minimum atomic E-state index is -0.355. The van der Waals surface area contributed by atoms with Gasteiger partial charge in [0.15, 0.2) is 0 Å². The molecule has 3 N–H and O–H groups in total. The quantitative estimate of drug-likeness (QED) is 0.802. The molecule has 0 bridgehead atoms. The van der Waals surface area contributed by atoms with Crippen molar-refractivity contribution in [3.8, 4) is 0 Å². The van der Waals surface area contributed by atoms with Gasteiger partial charge >= 0.3 is 0 Å². The summed E-state index contributed by atoms with van der Waals surface area (Å²) < 4.78 is 13.7. The van der Waals surface area contributed by atoms with Crippen molar-refractivity contribution in [2.24, 2.45) is 11.1 Å². The summed E-state index contributed by atoms with van der Waals surface area (Å²) in [7, 11) is 0. The molecule has 0 saturated heterocycles. The van der Waals surface area contributed by atoms with Crippen molar-refractivity contribution in [1.29, 1.82) is 0 Å². The number of anilines is 1. The molecular formula is C14H19FN2S. The third-order valence-electron chi connectivity index (χ3n) is 4.08. The van der Waals surface area contributed by atoms with Gasteiger partial charge < -0.3 is 11.1 Å². The van der Waals surface area contributed by atoms with Crippen LogP contribution in [0.4, 0.5) is 10.1 Å². The highest BCUT2D eigenvalue weighted by molar-refractivity contribution is 7.80. The van der Waals surface area contributed by atoms with E-state index >= 15 is 0 Å². The van der Waals surface area contributed by atoms with Crippen LogP contribution in [0.2, 0.25) is 0 Å². The second-order valence-corrected chi connectivity index (χ2v) is 5.53. The molecule has 0 radical (unpaired) electrons. The Bertz CT molecular complexity index is 450. The molecule has 0 amide bonds. The van der Waals surface area contributed by atoms with Crippen LogP contribution in [0.15, 0.2) is 18.2 Å². The number of nitrogens with one attached hydrogen (secondary N) is 1. The molecule has 2 rings (SSSR count). The highest BCUT2D eigenvalue weighted by Crippen LogP contribution is 2.43. The van der Waals surface area contributed by atoms with E-state index in [1.54, 1.807) is 6.07 Å². The molecule has 1 aromatic carbocycles. The van der Waals surface area contributed by atoms with E-state index in [0.29, 0.717) is 16.7 Å². The highest BCUT2D eigenvalue weighted by Gasteiger charge is 2.34. The Kier molecular flexibility index (Phi) is 3.85. The van der Waals surface area contributed by atoms with E-state index in [2.05, 4.69) is 12.2 Å². The SMILES string of the molecule is CCC1(CNc2cccc(F)c2C(N)=S)CCC1. The standard InChI is InChI=1S/C14H19FN2S/c1-2-14(7-4-8-14)9-17-11-6-3-5-10(15)12(11)13(16)18/h3,5-6,17H,2,4,7-9H2,1H3,(H2,16,18). The Morgan fingerprint density at radius 1 is 1.50 bits per heavy atom. The molecule has 0 spiro atoms. The van der Waals surface area contributed by atoms with Gasteiger partial charge in [-0.2, -0.15) is 0 Å². The second kappa shape index (κ2) is 5.22. The molecule has 1 fully saturated rings. The number of thiocarbonyl (C=S) groups is 1. The molecule has 2 nitrogen and oxygen atoms in total. The Balaban J connectivity index is 2.14. The highest BCUT2D eigenvalue weighted by atomic mass is 32.1. The first-order valence-corrected chi connectivity index (χ1v) is 6.81. The number of benzene rings is 1. The van der Waals surface area contributed by atoms with E-state index in [-0.39, 0.29) is 10.8 Å². The number of hydrogen-bond donors (Lipinski definition) is 2. The summed E-state index contributed by atoms with van der Waals surface area (Å²) in [5.41, 5.74) is 7.00. The molecule has 1 saturated carbocycles. The summed E-state index contributed by atoms with van der Waals surface area (Å²) in [6.45, 7) is 3.07. The average Bonchev–Trinajstić information content (AvgIpc) is 2.27. The maximum absolute atomic E-state index is 13.7. The van der Waals surface area contributed by atoms with Gasteiger partial charge in [-0.25, -0.2) is 4.39 Å². The Morgan fingerprint density at radius 2 is 2.22 bits per heavy atom. The van der Waals surface area contributed by atoms with Crippen molar-refractivity contribution in [1.82, 2.24) is 0 Å². The zero-order chi connectivity index (χ0) is 13.2. The van der Waals surface area contributed by atoms with Gasteiger partial charge in [0.2, 0.25) is 0 Å². The second-order valence-electron chi connectivity index (χ2n) is 5.09. The van der Waals surface area contributed by atoms with Crippen LogP contribution in [0.25, 0.3) is 0 Å². The lowest BCUT2D eigenvalue weighted by molar-refractivity contribution is 0.145. The molecule has 1 aliphatic rings. The van der Waals surface area contributed by atoms with Crippen LogP contribution in [0.5, 0.6) is 0 Å². The van der Waals surface area contributed by atoms with Gasteiger partial charge in [-0.1, -0.05) is 31.6 Å². The van der Waals surface area contributed by atoms with Crippen molar-refractivity contribution in [2.75, 3.05) is 11.9 Å². The first-order valence-electron chi connectivity index (χ1n) is 6.40. The van der Waals surface area contributed by atoms with Gasteiger partial charge in [0.25, 0.3) is 0 Å². The fourth-order valence-corrected chi connectivity index (χ4v) is 2.74. The molecule has 1 aliphatic carbocycles. The van der Waals surface area contributed by atoms with Crippen LogP contribution < -0.4 is 11.1 Å². The van der Waals surface area contributed by atoms with E-state index in [1.165, 1.54) is 25.3 Å². The van der Waals surface area contributed by atoms with Crippen molar-refractivity contribution >= 4 is 22.9 Å². The van der Waals surface area contributed by atoms with Crippen molar-refractivity contribution < 1.29 is 4.39 Å². The molecule has 18 heavy (non-hydrogen) atoms. The molecule has 0 atom stereocenters. The summed E-state index contributed by atoms with van der Waals surface area (Å²) >= 11 is 4.91. The lowest BCUT2D eigenvalue weighted by Gasteiger charge is -2.41. The number of nitrogens with two attached hydrogens (primary N) is 1. The zero-order valence-electron chi connectivity index (χ0n) is 10.6. The minimum Gasteiger partial charge on any atom is -0.389 e. The monoisotopic (exact) mass is 266 g/mol. The fraction of sp³-hybridized carbons (Fsp3) is 0.500. The lowest BCUT2D eigenvalue weighted by atomic mass is 9.67. The summed E-state index contributed by atoms with van der Waals surface area (Å²) in [5, 5.41) is 3.32. The largest absolute Gasteiger partial charge is 0.389 e. The van der Waals surface area contributed by atoms with Gasteiger partial charge in [0, 0.05) is 12.2 Å². The molecule has 4 heteroatoms. The fourth-order valence-electron chi connectivity index (χ4n) is 2.54. The van der Waals surface area contributed by atoms with Gasteiger partial charge in [-0.05, 0) is 36.8 Å².